The van der Waals surface area contributed by atoms with Crippen molar-refractivity contribution >= 4 is 23.1 Å². The van der Waals surface area contributed by atoms with Gasteiger partial charge in [-0.05, 0) is 56.6 Å². The molecule has 0 aromatic heterocycles. The minimum absolute atomic E-state index is 0.0294. The molecule has 2 aliphatic rings. The minimum Gasteiger partial charge on any atom is -0.493 e. The lowest BCUT2D eigenvalue weighted by atomic mass is 9.85. The monoisotopic (exact) mass is 360 g/mol. The molecule has 5 nitrogen and oxygen atoms in total. The number of carbonyl (C=O) groups excluding carboxylic acids is 1. The fourth-order valence-corrected chi connectivity index (χ4v) is 3.63. The molecule has 0 spiro atoms. The van der Waals surface area contributed by atoms with Crippen molar-refractivity contribution in [3.8, 4) is 11.5 Å². The number of nitrogens with zero attached hydrogens (tertiary/aromatic N) is 1. The highest BCUT2D eigenvalue weighted by Gasteiger charge is 2.36. The van der Waals surface area contributed by atoms with E-state index in [2.05, 4.69) is 5.32 Å². The zero-order chi connectivity index (χ0) is 18.1. The van der Waals surface area contributed by atoms with Crippen LogP contribution in [0.3, 0.4) is 0 Å². The van der Waals surface area contributed by atoms with Crippen LogP contribution in [0.15, 0.2) is 29.5 Å². The maximum Gasteiger partial charge on any atom is 0.173 e. The first-order valence-corrected chi connectivity index (χ1v) is 8.98. The van der Waals surface area contributed by atoms with Gasteiger partial charge in [0.2, 0.25) is 0 Å². The second kappa shape index (κ2) is 7.04. The first-order chi connectivity index (χ1) is 11.9. The van der Waals surface area contributed by atoms with Crippen LogP contribution in [-0.4, -0.2) is 36.1 Å². The van der Waals surface area contributed by atoms with Gasteiger partial charge in [-0.3, -0.25) is 4.79 Å². The fraction of sp³-hybridized carbons (Fsp3) is 0.474. The van der Waals surface area contributed by atoms with Gasteiger partial charge in [0, 0.05) is 24.7 Å². The molecule has 0 bridgehead atoms. The Morgan fingerprint density at radius 2 is 2.04 bits per heavy atom. The molecule has 25 heavy (non-hydrogen) atoms. The van der Waals surface area contributed by atoms with Crippen LogP contribution in [0.25, 0.3) is 0 Å². The zero-order valence-electron chi connectivity index (χ0n) is 15.1. The van der Waals surface area contributed by atoms with E-state index in [0.717, 1.165) is 29.7 Å². The number of ketones is 1. The second-order valence-corrected chi connectivity index (χ2v) is 7.04. The third kappa shape index (κ3) is 3.35. The Bertz CT molecular complexity index is 742. The number of hydrogen-bond acceptors (Lipinski definition) is 4. The molecule has 0 radical (unpaired) electrons. The summed E-state index contributed by atoms with van der Waals surface area (Å²) in [7, 11) is 3.54. The van der Waals surface area contributed by atoms with Gasteiger partial charge in [-0.1, -0.05) is 6.07 Å². The molecule has 1 aliphatic carbocycles. The van der Waals surface area contributed by atoms with E-state index in [1.165, 1.54) is 0 Å². The molecule has 3 rings (SSSR count). The standard InChI is InChI=1S/C19H24N2O3S/c1-11(2)24-16-10-12(8-9-15(16)23-4)18-17-13(6-5-7-14(17)22)21(3)19(25)20-18/h8-11,18H,5-7H2,1-4H3,(H,20,25). The number of allylic oxidation sites excluding steroid dienone is 1. The van der Waals surface area contributed by atoms with Crippen LogP contribution in [0.5, 0.6) is 11.5 Å². The van der Waals surface area contributed by atoms with E-state index >= 15 is 0 Å². The van der Waals surface area contributed by atoms with Crippen molar-refractivity contribution < 1.29 is 14.3 Å². The Hall–Kier alpha value is -2.08. The van der Waals surface area contributed by atoms with Crippen molar-refractivity contribution in [2.24, 2.45) is 0 Å². The van der Waals surface area contributed by atoms with E-state index in [9.17, 15) is 4.79 Å². The van der Waals surface area contributed by atoms with Crippen molar-refractivity contribution in [2.45, 2.75) is 45.3 Å². The number of hydrogen-bond donors (Lipinski definition) is 1. The van der Waals surface area contributed by atoms with Crippen LogP contribution in [0, 0.1) is 0 Å². The molecular formula is C19H24N2O3S. The summed E-state index contributed by atoms with van der Waals surface area (Å²) in [5, 5.41) is 3.95. The molecule has 134 valence electrons. The molecule has 0 saturated heterocycles. The van der Waals surface area contributed by atoms with E-state index in [1.807, 2.05) is 44.0 Å². The molecule has 0 fully saturated rings. The van der Waals surface area contributed by atoms with Gasteiger partial charge in [0.25, 0.3) is 0 Å². The number of ether oxygens (including phenoxy) is 2. The number of methoxy groups -OCH3 is 1. The van der Waals surface area contributed by atoms with Gasteiger partial charge < -0.3 is 19.7 Å². The highest BCUT2D eigenvalue weighted by molar-refractivity contribution is 7.80. The maximum absolute atomic E-state index is 12.6. The van der Waals surface area contributed by atoms with Crippen molar-refractivity contribution in [2.75, 3.05) is 14.2 Å². The number of Topliss-reactive ketones (excluding diaryl/α,β-unsaturated/α-hetero) is 1. The average Bonchev–Trinajstić information content (AvgIpc) is 2.57. The van der Waals surface area contributed by atoms with Gasteiger partial charge in [-0.15, -0.1) is 0 Å². The largest absolute Gasteiger partial charge is 0.493 e. The van der Waals surface area contributed by atoms with Crippen LogP contribution in [0.4, 0.5) is 0 Å². The minimum atomic E-state index is -0.244. The summed E-state index contributed by atoms with van der Waals surface area (Å²) < 4.78 is 11.3. The molecule has 0 amide bonds. The van der Waals surface area contributed by atoms with Crippen molar-refractivity contribution in [3.63, 3.8) is 0 Å². The number of benzene rings is 1. The highest BCUT2D eigenvalue weighted by Crippen LogP contribution is 2.39. The molecule has 1 aliphatic heterocycles. The van der Waals surface area contributed by atoms with Crippen molar-refractivity contribution in [1.29, 1.82) is 0 Å². The first kappa shape index (κ1) is 17.7. The molecule has 1 aromatic carbocycles. The molecule has 0 saturated carbocycles. The van der Waals surface area contributed by atoms with Gasteiger partial charge in [-0.2, -0.15) is 0 Å². The Morgan fingerprint density at radius 1 is 1.28 bits per heavy atom. The fourth-order valence-electron chi connectivity index (χ4n) is 3.41. The van der Waals surface area contributed by atoms with Gasteiger partial charge in [0.05, 0.1) is 19.3 Å². The predicted octanol–water partition coefficient (Wildman–Crippen LogP) is 3.35. The van der Waals surface area contributed by atoms with Crippen LogP contribution < -0.4 is 14.8 Å². The SMILES string of the molecule is COc1ccc(C2NC(=S)N(C)C3=C2C(=O)CCC3)cc1OC(C)C. The van der Waals surface area contributed by atoms with Crippen molar-refractivity contribution in [3.05, 3.63) is 35.0 Å². The highest BCUT2D eigenvalue weighted by atomic mass is 32.1. The Labute approximate surface area is 154 Å². The lowest BCUT2D eigenvalue weighted by Gasteiger charge is -2.39. The summed E-state index contributed by atoms with van der Waals surface area (Å²) in [5.41, 5.74) is 2.81. The van der Waals surface area contributed by atoms with E-state index in [1.54, 1.807) is 7.11 Å². The van der Waals surface area contributed by atoms with E-state index < -0.39 is 0 Å². The third-order valence-electron chi connectivity index (χ3n) is 4.58. The quantitative estimate of drug-likeness (QED) is 0.831. The number of thiocarbonyl (C=S) groups is 1. The van der Waals surface area contributed by atoms with Crippen LogP contribution in [0.1, 0.15) is 44.7 Å². The van der Waals surface area contributed by atoms with E-state index in [0.29, 0.717) is 23.0 Å². The third-order valence-corrected chi connectivity index (χ3v) is 4.97. The topological polar surface area (TPSA) is 50.8 Å². The maximum atomic E-state index is 12.6. The van der Waals surface area contributed by atoms with Crippen LogP contribution in [-0.2, 0) is 4.79 Å². The van der Waals surface area contributed by atoms with Crippen LogP contribution >= 0.6 is 12.2 Å². The summed E-state index contributed by atoms with van der Waals surface area (Å²) in [6.07, 6.45) is 2.37. The Kier molecular flexibility index (Phi) is 4.99. The molecule has 1 aromatic rings. The van der Waals surface area contributed by atoms with E-state index in [4.69, 9.17) is 21.7 Å². The molecule has 1 atom stereocenters. The summed E-state index contributed by atoms with van der Waals surface area (Å²) in [6.45, 7) is 3.95. The van der Waals surface area contributed by atoms with Gasteiger partial charge in [0.15, 0.2) is 22.4 Å². The summed E-state index contributed by atoms with van der Waals surface area (Å²) >= 11 is 5.48. The van der Waals surface area contributed by atoms with E-state index in [-0.39, 0.29) is 17.9 Å². The first-order valence-electron chi connectivity index (χ1n) is 8.57. The lowest BCUT2D eigenvalue weighted by molar-refractivity contribution is -0.116. The van der Waals surface area contributed by atoms with Crippen molar-refractivity contribution in [1.82, 2.24) is 10.2 Å². The van der Waals surface area contributed by atoms with Gasteiger partial charge in [0.1, 0.15) is 0 Å². The lowest BCUT2D eigenvalue weighted by Crippen LogP contribution is -2.47. The molecule has 1 N–H and O–H groups in total. The normalized spacial score (nSPS) is 20.5. The molecular weight excluding hydrogens is 336 g/mol. The molecule has 1 heterocycles. The number of rotatable bonds is 4. The number of nitrogens with one attached hydrogen (secondary N) is 1. The Balaban J connectivity index is 2.06. The number of carbonyl (C=O) groups is 1. The average molecular weight is 360 g/mol. The molecule has 6 heteroatoms. The summed E-state index contributed by atoms with van der Waals surface area (Å²) in [4.78, 5) is 14.6. The summed E-state index contributed by atoms with van der Waals surface area (Å²) in [5.74, 6) is 1.54. The van der Waals surface area contributed by atoms with Gasteiger partial charge >= 0.3 is 0 Å². The predicted molar refractivity (Wildman–Crippen MR) is 101 cm³/mol. The Morgan fingerprint density at radius 3 is 2.72 bits per heavy atom. The zero-order valence-corrected chi connectivity index (χ0v) is 15.9. The second-order valence-electron chi connectivity index (χ2n) is 6.66. The molecule has 1 unspecified atom stereocenters. The summed E-state index contributed by atoms with van der Waals surface area (Å²) in [6, 6.07) is 5.54. The van der Waals surface area contributed by atoms with Gasteiger partial charge in [-0.25, -0.2) is 0 Å². The van der Waals surface area contributed by atoms with Crippen LogP contribution in [0.2, 0.25) is 0 Å². The smallest absolute Gasteiger partial charge is 0.173 e.